The third kappa shape index (κ3) is 4.24. The number of hydrogen-bond acceptors (Lipinski definition) is 5. The third-order valence-electron chi connectivity index (χ3n) is 4.58. The number of piperazine rings is 1. The number of hydrogen-bond donors (Lipinski definition) is 2. The lowest BCUT2D eigenvalue weighted by atomic mass is 10.2. The maximum atomic E-state index is 13.4. The molecule has 1 aliphatic rings. The van der Waals surface area contributed by atoms with Crippen LogP contribution in [0.15, 0.2) is 29.4 Å². The predicted molar refractivity (Wildman–Crippen MR) is 103 cm³/mol. The van der Waals surface area contributed by atoms with Crippen molar-refractivity contribution in [3.8, 4) is 5.88 Å². The molecule has 7 nitrogen and oxygen atoms in total. The maximum absolute atomic E-state index is 13.4. The standard InChI is InChI=1S/C19H22F2N5O2/c1-12-8-17(18(28-3)22-13(12)2)23-19(24-27)26-6-4-25(5-7-26)16-10-14(20)9-15(21)11-16/h6,8-11,27H,4-5,7H2,1-3H3,(H,23,24). The zero-order valence-electron chi connectivity index (χ0n) is 15.9. The molecule has 3 rings (SSSR count). The number of nitrogens with zero attached hydrogens (tertiary/aromatic N) is 4. The Balaban J connectivity index is 1.70. The van der Waals surface area contributed by atoms with E-state index in [1.807, 2.05) is 24.8 Å². The minimum absolute atomic E-state index is 0.202. The third-order valence-corrected chi connectivity index (χ3v) is 4.58. The van der Waals surface area contributed by atoms with Crippen LogP contribution >= 0.6 is 0 Å². The van der Waals surface area contributed by atoms with Crippen molar-refractivity contribution in [3.63, 3.8) is 0 Å². The van der Waals surface area contributed by atoms with Gasteiger partial charge in [-0.2, -0.15) is 0 Å². The minimum Gasteiger partial charge on any atom is -0.480 e. The molecule has 0 atom stereocenters. The second-order valence-corrected chi connectivity index (χ2v) is 6.45. The lowest BCUT2D eigenvalue weighted by molar-refractivity contribution is 0.303. The summed E-state index contributed by atoms with van der Waals surface area (Å²) in [5.41, 5.74) is 2.83. The molecule has 2 aromatic rings. The summed E-state index contributed by atoms with van der Waals surface area (Å²) in [6.45, 7) is 6.91. The van der Waals surface area contributed by atoms with Crippen LogP contribution in [-0.4, -0.2) is 47.8 Å². The van der Waals surface area contributed by atoms with Crippen molar-refractivity contribution in [1.29, 1.82) is 0 Å². The number of rotatable bonds is 3. The van der Waals surface area contributed by atoms with Gasteiger partial charge in [0.05, 0.1) is 13.7 Å². The summed E-state index contributed by atoms with van der Waals surface area (Å²) >= 11 is 0. The first-order valence-corrected chi connectivity index (χ1v) is 8.73. The number of anilines is 2. The quantitative estimate of drug-likeness (QED) is 0.363. The van der Waals surface area contributed by atoms with Gasteiger partial charge in [0.25, 0.3) is 0 Å². The molecule has 0 bridgehead atoms. The molecule has 0 aliphatic carbocycles. The van der Waals surface area contributed by atoms with Crippen molar-refractivity contribution >= 4 is 17.3 Å². The van der Waals surface area contributed by atoms with Crippen LogP contribution in [0.5, 0.6) is 5.88 Å². The average Bonchev–Trinajstić information content (AvgIpc) is 2.68. The van der Waals surface area contributed by atoms with Crippen molar-refractivity contribution in [2.24, 2.45) is 5.16 Å². The summed E-state index contributed by atoms with van der Waals surface area (Å²) in [6, 6.07) is 5.28. The molecule has 1 aromatic heterocycles. The van der Waals surface area contributed by atoms with Crippen LogP contribution in [0, 0.1) is 32.0 Å². The number of halogens is 2. The lowest BCUT2D eigenvalue weighted by Gasteiger charge is -2.36. The predicted octanol–water partition coefficient (Wildman–Crippen LogP) is 3.13. The Morgan fingerprint density at radius 3 is 2.46 bits per heavy atom. The van der Waals surface area contributed by atoms with Gasteiger partial charge in [-0.15, -0.1) is 0 Å². The number of oxime groups is 1. The summed E-state index contributed by atoms with van der Waals surface area (Å²) in [5.74, 6) is -0.649. The topological polar surface area (TPSA) is 73.2 Å². The van der Waals surface area contributed by atoms with Crippen LogP contribution in [0.2, 0.25) is 0 Å². The zero-order chi connectivity index (χ0) is 20.3. The molecule has 1 fully saturated rings. The van der Waals surface area contributed by atoms with E-state index in [0.29, 0.717) is 36.9 Å². The van der Waals surface area contributed by atoms with Gasteiger partial charge in [0, 0.05) is 37.1 Å². The molecule has 28 heavy (non-hydrogen) atoms. The molecule has 0 saturated carbocycles. The van der Waals surface area contributed by atoms with E-state index in [9.17, 15) is 14.0 Å². The van der Waals surface area contributed by atoms with E-state index in [2.05, 4.69) is 15.5 Å². The Kier molecular flexibility index (Phi) is 5.81. The molecule has 1 radical (unpaired) electrons. The van der Waals surface area contributed by atoms with Crippen molar-refractivity contribution in [2.75, 3.05) is 37.0 Å². The molecule has 149 valence electrons. The Bertz CT molecular complexity index is 863. The van der Waals surface area contributed by atoms with Gasteiger partial charge in [0.1, 0.15) is 17.3 Å². The molecule has 1 aliphatic heterocycles. The van der Waals surface area contributed by atoms with Crippen LogP contribution in [-0.2, 0) is 0 Å². The van der Waals surface area contributed by atoms with Gasteiger partial charge in [-0.3, -0.25) is 0 Å². The van der Waals surface area contributed by atoms with Crippen LogP contribution in [0.3, 0.4) is 0 Å². The SMILES string of the molecule is COc1nc(C)c(C)cc1NC(=NO)N1[CH]CN(c2cc(F)cc(F)c2)CC1. The van der Waals surface area contributed by atoms with Crippen LogP contribution < -0.4 is 15.0 Å². The molecular formula is C19H22F2N5O2. The number of aryl methyl sites for hydroxylation is 2. The van der Waals surface area contributed by atoms with Gasteiger partial charge >= 0.3 is 0 Å². The van der Waals surface area contributed by atoms with E-state index in [0.717, 1.165) is 17.3 Å². The first-order chi connectivity index (χ1) is 13.4. The summed E-state index contributed by atoms with van der Waals surface area (Å²) < 4.78 is 32.2. The van der Waals surface area contributed by atoms with E-state index >= 15 is 0 Å². The van der Waals surface area contributed by atoms with Crippen molar-refractivity contribution in [3.05, 3.63) is 53.7 Å². The van der Waals surface area contributed by atoms with Gasteiger partial charge in [-0.25, -0.2) is 13.8 Å². The lowest BCUT2D eigenvalue weighted by Crippen LogP contribution is -2.48. The second-order valence-electron chi connectivity index (χ2n) is 6.45. The van der Waals surface area contributed by atoms with Gasteiger partial charge in [0.2, 0.25) is 11.8 Å². The molecule has 2 heterocycles. The molecule has 1 saturated heterocycles. The highest BCUT2D eigenvalue weighted by atomic mass is 19.1. The molecule has 2 N–H and O–H groups in total. The van der Waals surface area contributed by atoms with Gasteiger partial charge < -0.3 is 25.1 Å². The molecule has 0 amide bonds. The largest absolute Gasteiger partial charge is 0.480 e. The number of aromatic nitrogens is 1. The fourth-order valence-electron chi connectivity index (χ4n) is 2.96. The van der Waals surface area contributed by atoms with E-state index < -0.39 is 11.6 Å². The fourth-order valence-corrected chi connectivity index (χ4v) is 2.96. The summed E-state index contributed by atoms with van der Waals surface area (Å²) in [5, 5.41) is 15.8. The zero-order valence-corrected chi connectivity index (χ0v) is 15.9. The number of methoxy groups -OCH3 is 1. The summed E-state index contributed by atoms with van der Waals surface area (Å²) in [4.78, 5) is 7.91. The highest BCUT2D eigenvalue weighted by molar-refractivity contribution is 5.95. The maximum Gasteiger partial charge on any atom is 0.240 e. The smallest absolute Gasteiger partial charge is 0.240 e. The normalized spacial score (nSPS) is 15.0. The highest BCUT2D eigenvalue weighted by Crippen LogP contribution is 2.26. The number of pyridine rings is 1. The molecule has 9 heteroatoms. The Morgan fingerprint density at radius 1 is 1.18 bits per heavy atom. The first kappa shape index (κ1) is 19.7. The Hall–Kier alpha value is -3.10. The van der Waals surface area contributed by atoms with Crippen molar-refractivity contribution in [2.45, 2.75) is 13.8 Å². The molecule has 0 unspecified atom stereocenters. The highest BCUT2D eigenvalue weighted by Gasteiger charge is 2.23. The first-order valence-electron chi connectivity index (χ1n) is 8.73. The Morgan fingerprint density at radius 2 is 1.89 bits per heavy atom. The van der Waals surface area contributed by atoms with E-state index in [1.165, 1.54) is 19.2 Å². The summed E-state index contributed by atoms with van der Waals surface area (Å²) in [7, 11) is 1.51. The van der Waals surface area contributed by atoms with E-state index in [-0.39, 0.29) is 5.96 Å². The molecular weight excluding hydrogens is 368 g/mol. The van der Waals surface area contributed by atoms with Crippen molar-refractivity contribution in [1.82, 2.24) is 9.88 Å². The molecule has 1 aromatic carbocycles. The Labute approximate surface area is 162 Å². The number of ether oxygens (including phenoxy) is 1. The summed E-state index contributed by atoms with van der Waals surface area (Å²) in [6.07, 6.45) is 0. The number of nitrogens with one attached hydrogen (secondary N) is 1. The molecule has 0 spiro atoms. The van der Waals surface area contributed by atoms with Gasteiger partial charge in [0.15, 0.2) is 0 Å². The number of benzene rings is 1. The number of guanidine groups is 1. The van der Waals surface area contributed by atoms with Crippen LogP contribution in [0.4, 0.5) is 20.2 Å². The van der Waals surface area contributed by atoms with E-state index in [1.54, 1.807) is 11.4 Å². The minimum atomic E-state index is -0.619. The van der Waals surface area contributed by atoms with Gasteiger partial charge in [-0.1, -0.05) is 5.16 Å². The average molecular weight is 390 g/mol. The van der Waals surface area contributed by atoms with E-state index in [4.69, 9.17) is 4.74 Å². The van der Waals surface area contributed by atoms with Crippen molar-refractivity contribution < 1.29 is 18.7 Å². The van der Waals surface area contributed by atoms with Crippen LogP contribution in [0.1, 0.15) is 11.3 Å². The van der Waals surface area contributed by atoms with Gasteiger partial charge in [-0.05, 0) is 37.6 Å². The van der Waals surface area contributed by atoms with Crippen LogP contribution in [0.25, 0.3) is 0 Å². The second kappa shape index (κ2) is 8.28. The monoisotopic (exact) mass is 390 g/mol. The fraction of sp³-hybridized carbons (Fsp3) is 0.316.